The van der Waals surface area contributed by atoms with Crippen LogP contribution in [0.3, 0.4) is 0 Å². The van der Waals surface area contributed by atoms with Crippen molar-refractivity contribution < 1.29 is 10.2 Å². The molecule has 0 aliphatic rings. The fraction of sp³-hybridized carbons (Fsp3) is 0.500. The van der Waals surface area contributed by atoms with Crippen LogP contribution in [-0.2, 0) is 6.54 Å². The minimum Gasteiger partial charge on any atom is -0.394 e. The van der Waals surface area contributed by atoms with Crippen molar-refractivity contribution in [3.05, 3.63) is 12.5 Å². The maximum atomic E-state index is 9.21. The van der Waals surface area contributed by atoms with E-state index in [1.165, 1.54) is 0 Å². The summed E-state index contributed by atoms with van der Waals surface area (Å²) in [4.78, 5) is 12.5. The number of hydrogen-bond acceptors (Lipinski definition) is 6. The van der Waals surface area contributed by atoms with Gasteiger partial charge in [0.2, 0.25) is 5.95 Å². The molecule has 1 atom stereocenters. The van der Waals surface area contributed by atoms with Gasteiger partial charge in [0.25, 0.3) is 0 Å². The van der Waals surface area contributed by atoms with Gasteiger partial charge in [-0.3, -0.25) is 0 Å². The minimum atomic E-state index is -0.814. The van der Waals surface area contributed by atoms with Gasteiger partial charge in [0.05, 0.1) is 25.2 Å². The number of nitrogens with one attached hydrogen (secondary N) is 1. The lowest BCUT2D eigenvalue weighted by atomic mass is 10.4. The SMILES string of the molecule is CCn1cnc2cnc(NCC(O)CO)nc21. The van der Waals surface area contributed by atoms with Crippen molar-refractivity contribution in [2.24, 2.45) is 0 Å². The number of nitrogens with zero attached hydrogens (tertiary/aromatic N) is 4. The van der Waals surface area contributed by atoms with E-state index in [1.807, 2.05) is 11.5 Å². The highest BCUT2D eigenvalue weighted by Gasteiger charge is 2.07. The molecule has 0 saturated heterocycles. The quantitative estimate of drug-likeness (QED) is 0.655. The molecule has 0 aliphatic heterocycles. The van der Waals surface area contributed by atoms with E-state index in [0.29, 0.717) is 5.95 Å². The van der Waals surface area contributed by atoms with E-state index in [2.05, 4.69) is 20.3 Å². The Balaban J connectivity index is 2.18. The first-order valence-corrected chi connectivity index (χ1v) is 5.45. The minimum absolute atomic E-state index is 0.211. The Morgan fingerprint density at radius 1 is 1.47 bits per heavy atom. The van der Waals surface area contributed by atoms with Crippen molar-refractivity contribution in [1.29, 1.82) is 0 Å². The van der Waals surface area contributed by atoms with Gasteiger partial charge in [0.15, 0.2) is 5.65 Å². The highest BCUT2D eigenvalue weighted by atomic mass is 16.3. The van der Waals surface area contributed by atoms with Gasteiger partial charge in [0.1, 0.15) is 5.52 Å². The summed E-state index contributed by atoms with van der Waals surface area (Å²) in [6.45, 7) is 2.71. The van der Waals surface area contributed by atoms with Crippen LogP contribution >= 0.6 is 0 Å². The van der Waals surface area contributed by atoms with Crippen molar-refractivity contribution >= 4 is 17.1 Å². The maximum Gasteiger partial charge on any atom is 0.224 e. The van der Waals surface area contributed by atoms with Crippen molar-refractivity contribution in [3.8, 4) is 0 Å². The van der Waals surface area contributed by atoms with Gasteiger partial charge in [-0.1, -0.05) is 0 Å². The Labute approximate surface area is 98.2 Å². The Morgan fingerprint density at radius 2 is 2.29 bits per heavy atom. The number of fused-ring (bicyclic) bond motifs is 1. The standard InChI is InChI=1S/C10H15N5O2/c1-2-15-6-13-8-4-12-10(14-9(8)15)11-3-7(17)5-16/h4,6-7,16-17H,2-3,5H2,1H3,(H,11,12,14). The largest absolute Gasteiger partial charge is 0.394 e. The van der Waals surface area contributed by atoms with E-state index in [4.69, 9.17) is 5.11 Å². The zero-order valence-corrected chi connectivity index (χ0v) is 9.54. The van der Waals surface area contributed by atoms with E-state index in [9.17, 15) is 5.11 Å². The van der Waals surface area contributed by atoms with Gasteiger partial charge in [-0.2, -0.15) is 4.98 Å². The Hall–Kier alpha value is -1.73. The molecule has 2 aromatic rings. The van der Waals surface area contributed by atoms with Crippen LogP contribution in [0.5, 0.6) is 0 Å². The summed E-state index contributed by atoms with van der Waals surface area (Å²) in [5, 5.41) is 20.8. The molecule has 0 saturated carbocycles. The monoisotopic (exact) mass is 237 g/mol. The van der Waals surface area contributed by atoms with Crippen molar-refractivity contribution in [2.75, 3.05) is 18.5 Å². The molecule has 0 fully saturated rings. The zero-order chi connectivity index (χ0) is 12.3. The molecule has 3 N–H and O–H groups in total. The molecule has 0 aliphatic carbocycles. The molecular weight excluding hydrogens is 222 g/mol. The van der Waals surface area contributed by atoms with E-state index in [-0.39, 0.29) is 13.2 Å². The van der Waals surface area contributed by atoms with E-state index >= 15 is 0 Å². The molecule has 92 valence electrons. The van der Waals surface area contributed by atoms with Crippen molar-refractivity contribution in [1.82, 2.24) is 19.5 Å². The molecule has 17 heavy (non-hydrogen) atoms. The van der Waals surface area contributed by atoms with Gasteiger partial charge in [-0.05, 0) is 6.92 Å². The van der Waals surface area contributed by atoms with Crippen LogP contribution < -0.4 is 5.32 Å². The molecule has 0 aromatic carbocycles. The maximum absolute atomic E-state index is 9.21. The average molecular weight is 237 g/mol. The number of hydrogen-bond donors (Lipinski definition) is 3. The van der Waals surface area contributed by atoms with Crippen molar-refractivity contribution in [2.45, 2.75) is 19.6 Å². The van der Waals surface area contributed by atoms with Crippen LogP contribution in [0.1, 0.15) is 6.92 Å². The molecule has 0 amide bonds. The van der Waals surface area contributed by atoms with Gasteiger partial charge in [0, 0.05) is 13.1 Å². The third kappa shape index (κ3) is 2.51. The molecule has 0 spiro atoms. The van der Waals surface area contributed by atoms with Gasteiger partial charge in [-0.25, -0.2) is 9.97 Å². The predicted molar refractivity (Wildman–Crippen MR) is 62.6 cm³/mol. The lowest BCUT2D eigenvalue weighted by Gasteiger charge is -2.08. The molecule has 2 heterocycles. The summed E-state index contributed by atoms with van der Waals surface area (Å²) in [6, 6.07) is 0. The normalized spacial score (nSPS) is 12.9. The first kappa shape index (κ1) is 11.7. The fourth-order valence-corrected chi connectivity index (χ4v) is 1.45. The number of anilines is 1. The molecule has 0 bridgehead atoms. The van der Waals surface area contributed by atoms with E-state index in [1.54, 1.807) is 12.5 Å². The summed E-state index contributed by atoms with van der Waals surface area (Å²) < 4.78 is 1.91. The summed E-state index contributed by atoms with van der Waals surface area (Å²) in [5.41, 5.74) is 1.49. The summed E-state index contributed by atoms with van der Waals surface area (Å²) in [6.07, 6.45) is 2.53. The Morgan fingerprint density at radius 3 is 3.00 bits per heavy atom. The first-order chi connectivity index (χ1) is 8.24. The Kier molecular flexibility index (Phi) is 3.50. The fourth-order valence-electron chi connectivity index (χ4n) is 1.45. The number of rotatable bonds is 5. The number of imidazole rings is 1. The van der Waals surface area contributed by atoms with Gasteiger partial charge < -0.3 is 20.1 Å². The predicted octanol–water partition coefficient (Wildman–Crippen LogP) is -0.389. The second-order valence-electron chi connectivity index (χ2n) is 3.65. The molecular formula is C10H15N5O2. The van der Waals surface area contributed by atoms with Crippen LogP contribution in [0.4, 0.5) is 5.95 Å². The van der Waals surface area contributed by atoms with Gasteiger partial charge in [-0.15, -0.1) is 0 Å². The van der Waals surface area contributed by atoms with Crippen LogP contribution in [0.2, 0.25) is 0 Å². The molecule has 2 rings (SSSR count). The number of aliphatic hydroxyl groups excluding tert-OH is 2. The molecule has 7 nitrogen and oxygen atoms in total. The van der Waals surface area contributed by atoms with Crippen LogP contribution in [0.25, 0.3) is 11.2 Å². The van der Waals surface area contributed by atoms with Crippen LogP contribution in [-0.4, -0.2) is 49.0 Å². The summed E-state index contributed by atoms with van der Waals surface area (Å²) in [7, 11) is 0. The lowest BCUT2D eigenvalue weighted by molar-refractivity contribution is 0.105. The van der Waals surface area contributed by atoms with Crippen LogP contribution in [0.15, 0.2) is 12.5 Å². The zero-order valence-electron chi connectivity index (χ0n) is 9.54. The number of aromatic nitrogens is 4. The molecule has 1 unspecified atom stereocenters. The van der Waals surface area contributed by atoms with Crippen LogP contribution in [0, 0.1) is 0 Å². The number of aryl methyl sites for hydroxylation is 1. The average Bonchev–Trinajstić information content (AvgIpc) is 2.78. The van der Waals surface area contributed by atoms with E-state index in [0.717, 1.165) is 17.7 Å². The second-order valence-corrected chi connectivity index (χ2v) is 3.65. The Bertz CT molecular complexity index is 498. The summed E-state index contributed by atoms with van der Waals surface area (Å²) >= 11 is 0. The van der Waals surface area contributed by atoms with Gasteiger partial charge >= 0.3 is 0 Å². The topological polar surface area (TPSA) is 96.1 Å². The highest BCUT2D eigenvalue weighted by Crippen LogP contribution is 2.10. The third-order valence-corrected chi connectivity index (χ3v) is 2.41. The molecule has 7 heteroatoms. The lowest BCUT2D eigenvalue weighted by Crippen LogP contribution is -2.23. The molecule has 0 radical (unpaired) electrons. The molecule has 2 aromatic heterocycles. The first-order valence-electron chi connectivity index (χ1n) is 5.45. The smallest absolute Gasteiger partial charge is 0.224 e. The highest BCUT2D eigenvalue weighted by molar-refractivity contribution is 5.70. The number of aliphatic hydroxyl groups is 2. The van der Waals surface area contributed by atoms with E-state index < -0.39 is 6.10 Å². The third-order valence-electron chi connectivity index (χ3n) is 2.41. The summed E-state index contributed by atoms with van der Waals surface area (Å²) in [5.74, 6) is 0.417. The van der Waals surface area contributed by atoms with Crippen molar-refractivity contribution in [3.63, 3.8) is 0 Å². The second kappa shape index (κ2) is 5.07.